The third-order valence-electron chi connectivity index (χ3n) is 2.41. The van der Waals surface area contributed by atoms with Gasteiger partial charge in [0.2, 0.25) is 0 Å². The normalized spacial score (nSPS) is 10.4. The minimum Gasteiger partial charge on any atom is -0.481 e. The van der Waals surface area contributed by atoms with Crippen LogP contribution in [0.25, 0.3) is 0 Å². The fraction of sp³-hybridized carbons (Fsp3) is 0.0714. The minimum absolute atomic E-state index is 0.0339. The van der Waals surface area contributed by atoms with E-state index in [4.69, 9.17) is 5.11 Å². The standard InChI is InChI=1S/C14H10BrIO2S/c15-10-1-6-13(9(7-10)8-14(17)18)19-12-4-2-11(16)3-5-12/h1-7H,8H2,(H,17,18). The van der Waals surface area contributed by atoms with E-state index in [0.29, 0.717) is 0 Å². The summed E-state index contributed by atoms with van der Waals surface area (Å²) >= 11 is 7.23. The van der Waals surface area contributed by atoms with E-state index >= 15 is 0 Å². The molecule has 0 aliphatic rings. The van der Waals surface area contributed by atoms with Crippen LogP contribution in [0.3, 0.4) is 0 Å². The maximum atomic E-state index is 10.9. The van der Waals surface area contributed by atoms with Gasteiger partial charge >= 0.3 is 5.97 Å². The van der Waals surface area contributed by atoms with Crippen molar-refractivity contribution in [2.45, 2.75) is 16.2 Å². The van der Waals surface area contributed by atoms with Gasteiger partial charge in [0.25, 0.3) is 0 Å². The average Bonchev–Trinajstić information content (AvgIpc) is 2.34. The van der Waals surface area contributed by atoms with Crippen molar-refractivity contribution >= 4 is 56.3 Å². The Kier molecular flexibility index (Phi) is 5.29. The van der Waals surface area contributed by atoms with E-state index in [1.165, 1.54) is 3.57 Å². The third-order valence-corrected chi connectivity index (χ3v) is 4.74. The molecule has 19 heavy (non-hydrogen) atoms. The van der Waals surface area contributed by atoms with Crippen molar-refractivity contribution in [3.63, 3.8) is 0 Å². The Morgan fingerprint density at radius 2 is 1.89 bits per heavy atom. The van der Waals surface area contributed by atoms with Crippen LogP contribution < -0.4 is 0 Å². The van der Waals surface area contributed by atoms with Crippen molar-refractivity contribution in [2.75, 3.05) is 0 Å². The molecule has 2 aromatic rings. The molecule has 0 saturated heterocycles. The highest BCUT2D eigenvalue weighted by atomic mass is 127. The molecule has 0 spiro atoms. The molecule has 0 amide bonds. The number of hydrogen-bond donors (Lipinski definition) is 1. The Hall–Kier alpha value is -0.530. The lowest BCUT2D eigenvalue weighted by molar-refractivity contribution is -0.136. The lowest BCUT2D eigenvalue weighted by Gasteiger charge is -2.08. The first-order valence-corrected chi connectivity index (χ1v) is 8.17. The van der Waals surface area contributed by atoms with E-state index in [1.54, 1.807) is 11.8 Å². The van der Waals surface area contributed by atoms with E-state index in [-0.39, 0.29) is 6.42 Å². The summed E-state index contributed by atoms with van der Waals surface area (Å²) in [6, 6.07) is 13.9. The van der Waals surface area contributed by atoms with Crippen molar-refractivity contribution in [2.24, 2.45) is 0 Å². The quantitative estimate of drug-likeness (QED) is 0.680. The van der Waals surface area contributed by atoms with E-state index in [0.717, 1.165) is 19.8 Å². The van der Waals surface area contributed by atoms with Gasteiger partial charge in [-0.05, 0) is 70.6 Å². The van der Waals surface area contributed by atoms with Crippen LogP contribution in [0, 0.1) is 3.57 Å². The molecule has 0 saturated carbocycles. The first kappa shape index (κ1) is 14.9. The second-order valence-corrected chi connectivity index (χ2v) is 7.16. The highest BCUT2D eigenvalue weighted by Gasteiger charge is 2.09. The van der Waals surface area contributed by atoms with Crippen LogP contribution in [0.2, 0.25) is 0 Å². The number of aliphatic carboxylic acids is 1. The fourth-order valence-corrected chi connectivity index (χ4v) is 3.27. The highest BCUT2D eigenvalue weighted by Crippen LogP contribution is 2.32. The van der Waals surface area contributed by atoms with Gasteiger partial charge in [-0.25, -0.2) is 0 Å². The summed E-state index contributed by atoms with van der Waals surface area (Å²) in [5, 5.41) is 8.96. The van der Waals surface area contributed by atoms with Crippen molar-refractivity contribution < 1.29 is 9.90 Å². The van der Waals surface area contributed by atoms with Gasteiger partial charge in [0, 0.05) is 17.8 Å². The molecule has 2 rings (SSSR count). The molecule has 0 unspecified atom stereocenters. The molecular formula is C14H10BrIO2S. The van der Waals surface area contributed by atoms with Gasteiger partial charge in [0.1, 0.15) is 0 Å². The van der Waals surface area contributed by atoms with Gasteiger partial charge in [-0.2, -0.15) is 0 Å². The summed E-state index contributed by atoms with van der Waals surface area (Å²) in [6.45, 7) is 0. The first-order valence-electron chi connectivity index (χ1n) is 5.48. The molecule has 0 atom stereocenters. The summed E-state index contributed by atoms with van der Waals surface area (Å²) in [5.74, 6) is -0.817. The SMILES string of the molecule is O=C(O)Cc1cc(Br)ccc1Sc1ccc(I)cc1. The molecule has 0 radical (unpaired) electrons. The molecule has 0 heterocycles. The summed E-state index contributed by atoms with van der Waals surface area (Å²) in [6.07, 6.45) is 0.0339. The van der Waals surface area contributed by atoms with E-state index in [9.17, 15) is 4.79 Å². The second-order valence-electron chi connectivity index (χ2n) is 3.88. The molecule has 2 aromatic carbocycles. The summed E-state index contributed by atoms with van der Waals surface area (Å²) in [5.41, 5.74) is 0.824. The zero-order chi connectivity index (χ0) is 13.8. The Labute approximate surface area is 137 Å². The number of hydrogen-bond acceptors (Lipinski definition) is 2. The van der Waals surface area contributed by atoms with Crippen LogP contribution in [0.1, 0.15) is 5.56 Å². The van der Waals surface area contributed by atoms with E-state index < -0.39 is 5.97 Å². The number of rotatable bonds is 4. The van der Waals surface area contributed by atoms with Gasteiger partial charge in [-0.3, -0.25) is 4.79 Å². The Balaban J connectivity index is 2.28. The predicted octanol–water partition coefficient (Wildman–Crippen LogP) is 4.83. The van der Waals surface area contributed by atoms with Crippen LogP contribution >= 0.6 is 50.3 Å². The largest absolute Gasteiger partial charge is 0.481 e. The molecule has 0 bridgehead atoms. The maximum Gasteiger partial charge on any atom is 0.307 e. The van der Waals surface area contributed by atoms with Crippen molar-refractivity contribution in [3.8, 4) is 0 Å². The first-order chi connectivity index (χ1) is 9.04. The molecule has 0 fully saturated rings. The van der Waals surface area contributed by atoms with Gasteiger partial charge in [0.15, 0.2) is 0 Å². The molecule has 1 N–H and O–H groups in total. The minimum atomic E-state index is -0.817. The predicted molar refractivity (Wildman–Crippen MR) is 88.8 cm³/mol. The molecule has 0 aliphatic carbocycles. The topological polar surface area (TPSA) is 37.3 Å². The van der Waals surface area contributed by atoms with Crippen molar-refractivity contribution in [1.29, 1.82) is 0 Å². The lowest BCUT2D eigenvalue weighted by Crippen LogP contribution is -2.01. The number of carboxylic acids is 1. The van der Waals surface area contributed by atoms with Crippen LogP contribution in [-0.4, -0.2) is 11.1 Å². The van der Waals surface area contributed by atoms with Crippen LogP contribution in [-0.2, 0) is 11.2 Å². The van der Waals surface area contributed by atoms with Crippen molar-refractivity contribution in [3.05, 3.63) is 56.1 Å². The van der Waals surface area contributed by atoms with E-state index in [1.807, 2.05) is 42.5 Å². The zero-order valence-electron chi connectivity index (χ0n) is 9.77. The van der Waals surface area contributed by atoms with Gasteiger partial charge in [0.05, 0.1) is 6.42 Å². The molecule has 2 nitrogen and oxygen atoms in total. The number of carboxylic acid groups (broad SMARTS) is 1. The van der Waals surface area contributed by atoms with Gasteiger partial charge in [-0.1, -0.05) is 27.7 Å². The number of halogens is 2. The van der Waals surface area contributed by atoms with Crippen LogP contribution in [0.5, 0.6) is 0 Å². The number of carbonyl (C=O) groups is 1. The fourth-order valence-electron chi connectivity index (χ4n) is 1.58. The summed E-state index contributed by atoms with van der Waals surface area (Å²) < 4.78 is 2.08. The van der Waals surface area contributed by atoms with Gasteiger partial charge in [-0.15, -0.1) is 0 Å². The van der Waals surface area contributed by atoms with Gasteiger partial charge < -0.3 is 5.11 Å². The van der Waals surface area contributed by atoms with Crippen molar-refractivity contribution in [1.82, 2.24) is 0 Å². The van der Waals surface area contributed by atoms with E-state index in [2.05, 4.69) is 38.5 Å². The smallest absolute Gasteiger partial charge is 0.307 e. The molecule has 0 aliphatic heterocycles. The Bertz CT molecular complexity index is 599. The Morgan fingerprint density at radius 3 is 2.53 bits per heavy atom. The maximum absolute atomic E-state index is 10.9. The summed E-state index contributed by atoms with van der Waals surface area (Å²) in [4.78, 5) is 13.0. The molecule has 0 aromatic heterocycles. The second kappa shape index (κ2) is 6.76. The molecule has 98 valence electrons. The molecule has 5 heteroatoms. The Morgan fingerprint density at radius 1 is 1.21 bits per heavy atom. The van der Waals surface area contributed by atoms with Crippen LogP contribution in [0.4, 0.5) is 0 Å². The summed E-state index contributed by atoms with van der Waals surface area (Å²) in [7, 11) is 0. The molecular weight excluding hydrogens is 439 g/mol. The lowest BCUT2D eigenvalue weighted by atomic mass is 10.1. The van der Waals surface area contributed by atoms with Crippen LogP contribution in [0.15, 0.2) is 56.7 Å². The monoisotopic (exact) mass is 448 g/mol. The number of benzene rings is 2. The average molecular weight is 449 g/mol. The highest BCUT2D eigenvalue weighted by molar-refractivity contribution is 14.1. The third kappa shape index (κ3) is 4.50. The zero-order valence-corrected chi connectivity index (χ0v) is 14.3.